The molecule has 4 heterocycles. The zero-order valence-corrected chi connectivity index (χ0v) is 17.4. The Morgan fingerprint density at radius 3 is 2.83 bits per heavy atom. The highest BCUT2D eigenvalue weighted by atomic mass is 32.1. The number of carbonyl (C=O) groups excluding carboxylic acids is 3. The first-order chi connectivity index (χ1) is 14.6. The summed E-state index contributed by atoms with van der Waals surface area (Å²) in [6.45, 7) is 3.87. The van der Waals surface area contributed by atoms with E-state index in [1.807, 2.05) is 18.2 Å². The number of fused-ring (bicyclic) bond motifs is 1. The van der Waals surface area contributed by atoms with Gasteiger partial charge in [-0.05, 0) is 29.0 Å². The molecule has 0 spiro atoms. The maximum absolute atomic E-state index is 13.3. The molecule has 2 saturated heterocycles. The number of thiophene rings is 1. The number of hydrogen-bond acceptors (Lipinski definition) is 6. The van der Waals surface area contributed by atoms with Crippen molar-refractivity contribution in [1.29, 1.82) is 0 Å². The quantitative estimate of drug-likeness (QED) is 0.730. The molecule has 8 heteroatoms. The molecule has 5 rings (SSSR count). The summed E-state index contributed by atoms with van der Waals surface area (Å²) in [4.78, 5) is 42.4. The lowest BCUT2D eigenvalue weighted by Crippen LogP contribution is -2.52. The second-order valence-electron chi connectivity index (χ2n) is 8.11. The third-order valence-corrected chi connectivity index (χ3v) is 7.16. The summed E-state index contributed by atoms with van der Waals surface area (Å²) < 4.78 is 0. The molecule has 7 nitrogen and oxygen atoms in total. The van der Waals surface area contributed by atoms with Gasteiger partial charge in [-0.15, -0.1) is 11.3 Å². The second-order valence-corrected chi connectivity index (χ2v) is 9.09. The van der Waals surface area contributed by atoms with Crippen LogP contribution in [0.2, 0.25) is 0 Å². The van der Waals surface area contributed by atoms with Crippen LogP contribution in [-0.4, -0.2) is 53.2 Å². The number of benzene rings is 1. The van der Waals surface area contributed by atoms with E-state index in [0.717, 1.165) is 36.3 Å². The maximum Gasteiger partial charge on any atom is 0.255 e. The number of nitrogens with zero attached hydrogens (tertiary/aromatic N) is 2. The molecule has 0 bridgehead atoms. The number of piperidine rings is 1. The number of hydrogen-bond donors (Lipinski definition) is 2. The van der Waals surface area contributed by atoms with E-state index in [9.17, 15) is 14.4 Å². The Bertz CT molecular complexity index is 990. The average molecular weight is 425 g/mol. The Morgan fingerprint density at radius 1 is 1.13 bits per heavy atom. The zero-order valence-electron chi connectivity index (χ0n) is 16.6. The van der Waals surface area contributed by atoms with Crippen LogP contribution in [0.3, 0.4) is 0 Å². The fourth-order valence-electron chi connectivity index (χ4n) is 4.70. The summed E-state index contributed by atoms with van der Waals surface area (Å²) in [5, 5.41) is 8.04. The molecule has 2 aromatic rings. The van der Waals surface area contributed by atoms with E-state index >= 15 is 0 Å². The molecule has 2 unspecified atom stereocenters. The zero-order chi connectivity index (χ0) is 20.7. The Balaban J connectivity index is 1.34. The van der Waals surface area contributed by atoms with Gasteiger partial charge in [-0.1, -0.05) is 24.3 Å². The lowest BCUT2D eigenvalue weighted by Gasteiger charge is -2.33. The van der Waals surface area contributed by atoms with E-state index in [4.69, 9.17) is 0 Å². The Labute approximate surface area is 179 Å². The molecule has 2 N–H and O–H groups in total. The van der Waals surface area contributed by atoms with Crippen LogP contribution >= 0.6 is 11.3 Å². The van der Waals surface area contributed by atoms with Crippen LogP contribution in [0, 0.1) is 0 Å². The van der Waals surface area contributed by atoms with Crippen molar-refractivity contribution in [3.63, 3.8) is 0 Å². The molecule has 3 amide bonds. The summed E-state index contributed by atoms with van der Waals surface area (Å²) in [7, 11) is 0. The van der Waals surface area contributed by atoms with Gasteiger partial charge in [0.15, 0.2) is 0 Å². The normalized spacial score (nSPS) is 24.8. The monoisotopic (exact) mass is 424 g/mol. The fraction of sp³-hybridized carbons (Fsp3) is 0.409. The van der Waals surface area contributed by atoms with E-state index in [0.29, 0.717) is 25.6 Å². The highest BCUT2D eigenvalue weighted by Crippen LogP contribution is 2.31. The fourth-order valence-corrected chi connectivity index (χ4v) is 5.49. The molecule has 3 aliphatic rings. The molecular formula is C22H24N4O3S. The van der Waals surface area contributed by atoms with Gasteiger partial charge in [-0.3, -0.25) is 24.6 Å². The van der Waals surface area contributed by atoms with Crippen LogP contribution in [0.5, 0.6) is 0 Å². The summed E-state index contributed by atoms with van der Waals surface area (Å²) >= 11 is 1.76. The molecule has 30 heavy (non-hydrogen) atoms. The SMILES string of the molecule is O=C1CCC(N2Cc3cccc(CN4CCNC(c5cccs5)C4)c3C2=O)C(=O)N1. The molecule has 2 fully saturated rings. The molecular weight excluding hydrogens is 400 g/mol. The predicted molar refractivity (Wildman–Crippen MR) is 113 cm³/mol. The van der Waals surface area contributed by atoms with Crippen molar-refractivity contribution in [2.24, 2.45) is 0 Å². The van der Waals surface area contributed by atoms with Gasteiger partial charge in [0, 0.05) is 49.6 Å². The minimum atomic E-state index is -0.571. The molecule has 2 atom stereocenters. The molecule has 3 aliphatic heterocycles. The summed E-state index contributed by atoms with van der Waals surface area (Å²) in [6.07, 6.45) is 0.661. The maximum atomic E-state index is 13.3. The van der Waals surface area contributed by atoms with Crippen molar-refractivity contribution in [1.82, 2.24) is 20.4 Å². The van der Waals surface area contributed by atoms with Crippen LogP contribution in [0.4, 0.5) is 0 Å². The molecule has 0 saturated carbocycles. The van der Waals surface area contributed by atoms with Crippen LogP contribution < -0.4 is 10.6 Å². The van der Waals surface area contributed by atoms with Gasteiger partial charge in [0.05, 0.1) is 6.04 Å². The Hall–Kier alpha value is -2.55. The summed E-state index contributed by atoms with van der Waals surface area (Å²) in [6, 6.07) is 9.96. The second kappa shape index (κ2) is 7.94. The van der Waals surface area contributed by atoms with E-state index in [1.165, 1.54) is 4.88 Å². The van der Waals surface area contributed by atoms with E-state index < -0.39 is 6.04 Å². The van der Waals surface area contributed by atoms with Crippen molar-refractivity contribution in [3.8, 4) is 0 Å². The van der Waals surface area contributed by atoms with Gasteiger partial charge >= 0.3 is 0 Å². The van der Waals surface area contributed by atoms with Gasteiger partial charge in [0.25, 0.3) is 5.91 Å². The van der Waals surface area contributed by atoms with E-state index in [1.54, 1.807) is 16.2 Å². The number of carbonyl (C=O) groups is 3. The minimum Gasteiger partial charge on any atom is -0.322 e. The van der Waals surface area contributed by atoms with E-state index in [2.05, 4.69) is 33.0 Å². The smallest absolute Gasteiger partial charge is 0.255 e. The molecule has 0 aliphatic carbocycles. The van der Waals surface area contributed by atoms with Crippen molar-refractivity contribution in [2.75, 3.05) is 19.6 Å². The van der Waals surface area contributed by atoms with Crippen molar-refractivity contribution in [2.45, 2.75) is 38.0 Å². The number of amides is 3. The van der Waals surface area contributed by atoms with Gasteiger partial charge in [-0.2, -0.15) is 0 Å². The van der Waals surface area contributed by atoms with Gasteiger partial charge in [0.2, 0.25) is 11.8 Å². The lowest BCUT2D eigenvalue weighted by molar-refractivity contribution is -0.136. The van der Waals surface area contributed by atoms with Crippen molar-refractivity contribution < 1.29 is 14.4 Å². The van der Waals surface area contributed by atoms with E-state index in [-0.39, 0.29) is 24.1 Å². The number of nitrogens with one attached hydrogen (secondary N) is 2. The molecule has 1 aromatic carbocycles. The standard InChI is InChI=1S/C22H24N4O3S/c27-19-7-6-17(21(28)24-19)26-12-15-4-1-3-14(20(15)22(26)29)11-25-9-8-23-16(13-25)18-5-2-10-30-18/h1-5,10,16-17,23H,6-9,11-13H2,(H,24,27,28). The molecule has 1 aromatic heterocycles. The van der Waals surface area contributed by atoms with Crippen LogP contribution in [0.1, 0.15) is 45.2 Å². The predicted octanol–water partition coefficient (Wildman–Crippen LogP) is 1.66. The minimum absolute atomic E-state index is 0.0972. The summed E-state index contributed by atoms with van der Waals surface area (Å²) in [5.74, 6) is -0.727. The number of rotatable bonds is 4. The van der Waals surface area contributed by atoms with Gasteiger partial charge in [-0.25, -0.2) is 0 Å². The van der Waals surface area contributed by atoms with Crippen LogP contribution in [0.25, 0.3) is 0 Å². The van der Waals surface area contributed by atoms with Gasteiger partial charge < -0.3 is 10.2 Å². The highest BCUT2D eigenvalue weighted by Gasteiger charge is 2.40. The topological polar surface area (TPSA) is 81.8 Å². The van der Waals surface area contributed by atoms with Crippen LogP contribution in [0.15, 0.2) is 35.7 Å². The molecule has 0 radical (unpaired) electrons. The first kappa shape index (κ1) is 19.4. The number of imide groups is 1. The Kier molecular flexibility index (Phi) is 5.14. The van der Waals surface area contributed by atoms with Gasteiger partial charge in [0.1, 0.15) is 6.04 Å². The third kappa shape index (κ3) is 3.55. The Morgan fingerprint density at radius 2 is 2.03 bits per heavy atom. The van der Waals surface area contributed by atoms with Crippen molar-refractivity contribution >= 4 is 29.1 Å². The largest absolute Gasteiger partial charge is 0.322 e. The average Bonchev–Trinajstić information content (AvgIpc) is 3.38. The summed E-state index contributed by atoms with van der Waals surface area (Å²) in [5.41, 5.74) is 2.71. The number of piperazine rings is 1. The van der Waals surface area contributed by atoms with Crippen molar-refractivity contribution in [3.05, 3.63) is 57.3 Å². The third-order valence-electron chi connectivity index (χ3n) is 6.18. The lowest BCUT2D eigenvalue weighted by atomic mass is 10.0. The highest BCUT2D eigenvalue weighted by molar-refractivity contribution is 7.10. The first-order valence-electron chi connectivity index (χ1n) is 10.3. The molecule has 156 valence electrons. The first-order valence-corrected chi connectivity index (χ1v) is 11.2. The van der Waals surface area contributed by atoms with Crippen LogP contribution in [-0.2, 0) is 22.7 Å².